The van der Waals surface area contributed by atoms with Gasteiger partial charge in [0.2, 0.25) is 5.91 Å². The number of aliphatic carboxylic acids is 1. The Balaban J connectivity index is 2.48. The molecule has 0 heterocycles. The van der Waals surface area contributed by atoms with Gasteiger partial charge in [-0.15, -0.1) is 0 Å². The molecule has 0 fully saturated rings. The highest BCUT2D eigenvalue weighted by atomic mass is 16.5. The molecule has 1 unspecified atom stereocenters. The van der Waals surface area contributed by atoms with Crippen LogP contribution in [0.3, 0.4) is 0 Å². The van der Waals surface area contributed by atoms with E-state index >= 15 is 0 Å². The second kappa shape index (κ2) is 8.04. The zero-order valence-corrected chi connectivity index (χ0v) is 12.1. The quantitative estimate of drug-likeness (QED) is 0.711. The fourth-order valence-electron chi connectivity index (χ4n) is 1.75. The van der Waals surface area contributed by atoms with Gasteiger partial charge in [-0.3, -0.25) is 9.59 Å². The van der Waals surface area contributed by atoms with E-state index in [1.165, 1.54) is 7.11 Å². The number of benzene rings is 1. The van der Waals surface area contributed by atoms with Crippen molar-refractivity contribution in [3.63, 3.8) is 0 Å². The van der Waals surface area contributed by atoms with E-state index in [1.54, 1.807) is 31.2 Å². The topological polar surface area (TPSA) is 92.7 Å². The predicted octanol–water partition coefficient (Wildman–Crippen LogP) is 1.64. The van der Waals surface area contributed by atoms with Crippen LogP contribution in [0.15, 0.2) is 24.3 Å². The first-order valence-corrected chi connectivity index (χ1v) is 6.67. The second-order valence-corrected chi connectivity index (χ2v) is 4.52. The highest BCUT2D eigenvalue weighted by molar-refractivity contribution is 5.98. The number of Topliss-reactive ketones (excluding diaryl/α,β-unsaturated/α-hetero) is 1. The molecule has 0 aliphatic carbocycles. The van der Waals surface area contributed by atoms with Crippen molar-refractivity contribution in [1.29, 1.82) is 0 Å². The summed E-state index contributed by atoms with van der Waals surface area (Å²) in [6, 6.07) is 5.69. The molecule has 6 heteroatoms. The number of nitrogens with one attached hydrogen (secondary N) is 1. The molecule has 114 valence electrons. The lowest BCUT2D eigenvalue weighted by atomic mass is 10.1. The van der Waals surface area contributed by atoms with Crippen molar-refractivity contribution >= 4 is 17.7 Å². The number of hydrogen-bond donors (Lipinski definition) is 2. The highest BCUT2D eigenvalue weighted by Gasteiger charge is 2.18. The third kappa shape index (κ3) is 5.25. The average molecular weight is 293 g/mol. The van der Waals surface area contributed by atoms with Crippen molar-refractivity contribution in [1.82, 2.24) is 5.32 Å². The van der Waals surface area contributed by atoms with Gasteiger partial charge in [0.05, 0.1) is 7.11 Å². The van der Waals surface area contributed by atoms with Crippen LogP contribution in [0.25, 0.3) is 0 Å². The van der Waals surface area contributed by atoms with E-state index in [0.717, 1.165) is 0 Å². The van der Waals surface area contributed by atoms with Gasteiger partial charge in [0.1, 0.15) is 11.8 Å². The van der Waals surface area contributed by atoms with Gasteiger partial charge in [-0.25, -0.2) is 4.79 Å². The number of carboxylic acids is 1. The van der Waals surface area contributed by atoms with E-state index in [2.05, 4.69) is 5.32 Å². The summed E-state index contributed by atoms with van der Waals surface area (Å²) in [5.74, 6) is -1.04. The van der Waals surface area contributed by atoms with Crippen LogP contribution in [0.4, 0.5) is 0 Å². The van der Waals surface area contributed by atoms with Crippen LogP contribution in [0, 0.1) is 0 Å². The van der Waals surface area contributed by atoms with Gasteiger partial charge in [-0.2, -0.15) is 0 Å². The number of methoxy groups -OCH3 is 1. The van der Waals surface area contributed by atoms with Crippen molar-refractivity contribution in [2.24, 2.45) is 0 Å². The Labute approximate surface area is 123 Å². The summed E-state index contributed by atoms with van der Waals surface area (Å²) in [5, 5.41) is 11.2. The number of carbonyl (C=O) groups excluding carboxylic acids is 2. The summed E-state index contributed by atoms with van der Waals surface area (Å²) in [5.41, 5.74) is 0.494. The third-order valence-corrected chi connectivity index (χ3v) is 3.03. The minimum atomic E-state index is -1.08. The van der Waals surface area contributed by atoms with Crippen LogP contribution < -0.4 is 10.1 Å². The fourth-order valence-corrected chi connectivity index (χ4v) is 1.75. The van der Waals surface area contributed by atoms with Crippen molar-refractivity contribution in [3.05, 3.63) is 29.8 Å². The maximum Gasteiger partial charge on any atom is 0.326 e. The molecule has 0 saturated carbocycles. The molecule has 0 saturated heterocycles. The first-order chi connectivity index (χ1) is 9.97. The summed E-state index contributed by atoms with van der Waals surface area (Å²) in [6.07, 6.45) is 0.302. The summed E-state index contributed by atoms with van der Waals surface area (Å²) >= 11 is 0. The van der Waals surface area contributed by atoms with E-state index in [4.69, 9.17) is 9.84 Å². The molecule has 21 heavy (non-hydrogen) atoms. The second-order valence-electron chi connectivity index (χ2n) is 4.52. The number of amides is 1. The van der Waals surface area contributed by atoms with Crippen molar-refractivity contribution in [3.8, 4) is 5.75 Å². The normalized spacial score (nSPS) is 11.5. The van der Waals surface area contributed by atoms with Crippen molar-refractivity contribution in [2.45, 2.75) is 32.2 Å². The molecule has 6 nitrogen and oxygen atoms in total. The Morgan fingerprint density at radius 2 is 1.81 bits per heavy atom. The zero-order chi connectivity index (χ0) is 15.8. The summed E-state index contributed by atoms with van der Waals surface area (Å²) in [4.78, 5) is 34.3. The van der Waals surface area contributed by atoms with E-state index in [-0.39, 0.29) is 18.6 Å². The predicted molar refractivity (Wildman–Crippen MR) is 76.4 cm³/mol. The molecule has 0 aromatic heterocycles. The summed E-state index contributed by atoms with van der Waals surface area (Å²) in [6.45, 7) is 1.67. The Kier molecular flexibility index (Phi) is 6.39. The SMILES string of the molecule is CCC(NC(=O)CCC(=O)c1ccc(OC)cc1)C(=O)O. The summed E-state index contributed by atoms with van der Waals surface area (Å²) in [7, 11) is 1.54. The number of rotatable bonds is 8. The Hall–Kier alpha value is -2.37. The molecule has 1 aromatic rings. The third-order valence-electron chi connectivity index (χ3n) is 3.03. The Bertz CT molecular complexity index is 509. The minimum Gasteiger partial charge on any atom is -0.497 e. The van der Waals surface area contributed by atoms with Crippen molar-refractivity contribution in [2.75, 3.05) is 7.11 Å². The molecule has 0 aliphatic heterocycles. The number of carboxylic acid groups (broad SMARTS) is 1. The van der Waals surface area contributed by atoms with E-state index in [9.17, 15) is 14.4 Å². The molecule has 1 atom stereocenters. The smallest absolute Gasteiger partial charge is 0.326 e. The lowest BCUT2D eigenvalue weighted by Gasteiger charge is -2.11. The van der Waals surface area contributed by atoms with E-state index < -0.39 is 17.9 Å². The maximum absolute atomic E-state index is 11.9. The number of ether oxygens (including phenoxy) is 1. The molecular formula is C15H19NO5. The van der Waals surface area contributed by atoms with Gasteiger partial charge in [0.15, 0.2) is 5.78 Å². The molecule has 0 aliphatic rings. The number of carbonyl (C=O) groups is 3. The van der Waals surface area contributed by atoms with Gasteiger partial charge < -0.3 is 15.2 Å². The fraction of sp³-hybridized carbons (Fsp3) is 0.400. The zero-order valence-electron chi connectivity index (χ0n) is 12.1. The lowest BCUT2D eigenvalue weighted by molar-refractivity contribution is -0.141. The molecule has 2 N–H and O–H groups in total. The molecule has 1 aromatic carbocycles. The Morgan fingerprint density at radius 1 is 1.19 bits per heavy atom. The molecule has 0 spiro atoms. The number of hydrogen-bond acceptors (Lipinski definition) is 4. The maximum atomic E-state index is 11.9. The summed E-state index contributed by atoms with van der Waals surface area (Å²) < 4.78 is 4.99. The monoisotopic (exact) mass is 293 g/mol. The minimum absolute atomic E-state index is 0.0331. The van der Waals surface area contributed by atoms with Gasteiger partial charge in [0, 0.05) is 18.4 Å². The number of ketones is 1. The Morgan fingerprint density at radius 3 is 2.29 bits per heavy atom. The van der Waals surface area contributed by atoms with E-state index in [1.807, 2.05) is 0 Å². The van der Waals surface area contributed by atoms with E-state index in [0.29, 0.717) is 17.7 Å². The van der Waals surface area contributed by atoms with Crippen molar-refractivity contribution < 1.29 is 24.2 Å². The van der Waals surface area contributed by atoms with Gasteiger partial charge in [0.25, 0.3) is 0 Å². The lowest BCUT2D eigenvalue weighted by Crippen LogP contribution is -2.40. The van der Waals surface area contributed by atoms with Crippen LogP contribution in [-0.4, -0.2) is 35.9 Å². The van der Waals surface area contributed by atoms with Crippen LogP contribution in [0.1, 0.15) is 36.5 Å². The van der Waals surface area contributed by atoms with Crippen LogP contribution in [0.2, 0.25) is 0 Å². The average Bonchev–Trinajstić information content (AvgIpc) is 2.49. The van der Waals surface area contributed by atoms with Gasteiger partial charge >= 0.3 is 5.97 Å². The van der Waals surface area contributed by atoms with Crippen LogP contribution in [0.5, 0.6) is 5.75 Å². The molecule has 1 rings (SSSR count). The molecule has 0 bridgehead atoms. The largest absolute Gasteiger partial charge is 0.497 e. The van der Waals surface area contributed by atoms with Crippen LogP contribution in [-0.2, 0) is 9.59 Å². The van der Waals surface area contributed by atoms with Gasteiger partial charge in [-0.1, -0.05) is 6.92 Å². The molecule has 0 radical (unpaired) electrons. The molecule has 1 amide bonds. The first kappa shape index (κ1) is 16.7. The molecular weight excluding hydrogens is 274 g/mol. The van der Waals surface area contributed by atoms with Gasteiger partial charge in [-0.05, 0) is 30.7 Å². The first-order valence-electron chi connectivity index (χ1n) is 6.67. The van der Waals surface area contributed by atoms with Crippen LogP contribution >= 0.6 is 0 Å². The highest BCUT2D eigenvalue weighted by Crippen LogP contribution is 2.13. The standard InChI is InChI=1S/C15H19NO5/c1-3-12(15(19)20)16-14(18)9-8-13(17)10-4-6-11(21-2)7-5-10/h4-7,12H,3,8-9H2,1-2H3,(H,16,18)(H,19,20).